The average molecular weight is 362 g/mol. The number of aromatic nitrogens is 2. The molecule has 4 rings (SSSR count). The monoisotopic (exact) mass is 362 g/mol. The Morgan fingerprint density at radius 2 is 1.89 bits per heavy atom. The maximum Gasteiger partial charge on any atom is 0.294 e. The van der Waals surface area contributed by atoms with Crippen LogP contribution in [0.1, 0.15) is 24.4 Å². The molecule has 0 aliphatic carbocycles. The van der Waals surface area contributed by atoms with Crippen LogP contribution in [-0.2, 0) is 4.79 Å². The highest BCUT2D eigenvalue weighted by Crippen LogP contribution is 2.38. The van der Waals surface area contributed by atoms with Crippen LogP contribution in [-0.4, -0.2) is 34.4 Å². The van der Waals surface area contributed by atoms with E-state index in [0.717, 1.165) is 5.56 Å². The van der Waals surface area contributed by atoms with E-state index < -0.39 is 0 Å². The van der Waals surface area contributed by atoms with Gasteiger partial charge in [-0.15, -0.1) is 0 Å². The standard InChI is InChI=1S/C20H18N4O3/c1-13-12-23(20(26)18-5-3-10-27-18)17-11-15(19-21-8-4-9-22-19)6-7-16(17)24(13)14(2)25/h3-11,13H,12H2,1-2H3. The number of rotatable bonds is 2. The van der Waals surface area contributed by atoms with Gasteiger partial charge < -0.3 is 14.2 Å². The molecule has 0 bridgehead atoms. The first kappa shape index (κ1) is 17.0. The maximum atomic E-state index is 13.0. The van der Waals surface area contributed by atoms with Crippen LogP contribution in [0.15, 0.2) is 59.5 Å². The smallest absolute Gasteiger partial charge is 0.294 e. The second-order valence-electron chi connectivity index (χ2n) is 6.41. The van der Waals surface area contributed by atoms with E-state index in [-0.39, 0.29) is 23.6 Å². The summed E-state index contributed by atoms with van der Waals surface area (Å²) in [5.41, 5.74) is 2.08. The Kier molecular flexibility index (Phi) is 4.19. The molecule has 7 nitrogen and oxygen atoms in total. The third kappa shape index (κ3) is 2.97. The number of anilines is 2. The maximum absolute atomic E-state index is 13.0. The molecule has 0 saturated carbocycles. The molecule has 0 saturated heterocycles. The van der Waals surface area contributed by atoms with E-state index in [2.05, 4.69) is 9.97 Å². The molecule has 136 valence electrons. The summed E-state index contributed by atoms with van der Waals surface area (Å²) in [4.78, 5) is 37.1. The largest absolute Gasteiger partial charge is 0.459 e. The number of benzene rings is 1. The lowest BCUT2D eigenvalue weighted by molar-refractivity contribution is -0.117. The number of carbonyl (C=O) groups excluding carboxylic acids is 2. The van der Waals surface area contributed by atoms with Gasteiger partial charge in [0.25, 0.3) is 5.91 Å². The summed E-state index contributed by atoms with van der Waals surface area (Å²) < 4.78 is 5.29. The summed E-state index contributed by atoms with van der Waals surface area (Å²) in [5, 5.41) is 0. The predicted octanol–water partition coefficient (Wildman–Crippen LogP) is 3.14. The van der Waals surface area contributed by atoms with E-state index in [0.29, 0.717) is 23.7 Å². The summed E-state index contributed by atoms with van der Waals surface area (Å²) in [5.74, 6) is 0.490. The van der Waals surface area contributed by atoms with Crippen molar-refractivity contribution < 1.29 is 14.0 Å². The number of hydrogen-bond donors (Lipinski definition) is 0. The molecule has 1 atom stereocenters. The Balaban J connectivity index is 1.85. The van der Waals surface area contributed by atoms with E-state index in [1.807, 2.05) is 25.1 Å². The van der Waals surface area contributed by atoms with Crippen molar-refractivity contribution >= 4 is 23.2 Å². The first-order valence-corrected chi connectivity index (χ1v) is 8.63. The van der Waals surface area contributed by atoms with Crippen LogP contribution in [0.2, 0.25) is 0 Å². The molecule has 3 aromatic rings. The summed E-state index contributed by atoms with van der Waals surface area (Å²) in [7, 11) is 0. The third-order valence-corrected chi connectivity index (χ3v) is 4.55. The van der Waals surface area contributed by atoms with Crippen LogP contribution in [0.3, 0.4) is 0 Å². The van der Waals surface area contributed by atoms with E-state index in [1.165, 1.54) is 13.2 Å². The van der Waals surface area contributed by atoms with Crippen molar-refractivity contribution in [3.05, 3.63) is 60.8 Å². The lowest BCUT2D eigenvalue weighted by atomic mass is 10.0. The Morgan fingerprint density at radius 3 is 2.56 bits per heavy atom. The van der Waals surface area contributed by atoms with Crippen LogP contribution in [0.25, 0.3) is 11.4 Å². The number of furan rings is 1. The van der Waals surface area contributed by atoms with E-state index in [1.54, 1.807) is 40.4 Å². The van der Waals surface area contributed by atoms with Crippen molar-refractivity contribution in [2.45, 2.75) is 19.9 Å². The van der Waals surface area contributed by atoms with Gasteiger partial charge in [-0.05, 0) is 43.3 Å². The average Bonchev–Trinajstić information content (AvgIpc) is 3.21. The molecule has 2 amide bonds. The second-order valence-corrected chi connectivity index (χ2v) is 6.41. The fourth-order valence-electron chi connectivity index (χ4n) is 3.42. The van der Waals surface area contributed by atoms with Gasteiger partial charge in [-0.1, -0.05) is 0 Å². The Bertz CT molecular complexity index is 986. The number of hydrogen-bond acceptors (Lipinski definition) is 5. The quantitative estimate of drug-likeness (QED) is 0.700. The minimum Gasteiger partial charge on any atom is -0.459 e. The van der Waals surface area contributed by atoms with Crippen LogP contribution in [0.5, 0.6) is 0 Å². The van der Waals surface area contributed by atoms with E-state index in [4.69, 9.17) is 4.42 Å². The highest BCUT2D eigenvalue weighted by molar-refractivity contribution is 6.09. The second kappa shape index (κ2) is 6.68. The normalized spacial score (nSPS) is 16.1. The Morgan fingerprint density at radius 1 is 1.11 bits per heavy atom. The van der Waals surface area contributed by atoms with E-state index in [9.17, 15) is 9.59 Å². The fourth-order valence-corrected chi connectivity index (χ4v) is 3.42. The molecule has 1 aliphatic heterocycles. The highest BCUT2D eigenvalue weighted by Gasteiger charge is 2.35. The lowest BCUT2D eigenvalue weighted by Crippen LogP contribution is -2.51. The van der Waals surface area contributed by atoms with Gasteiger partial charge in [0.2, 0.25) is 5.91 Å². The molecule has 0 radical (unpaired) electrons. The Hall–Kier alpha value is -3.48. The topological polar surface area (TPSA) is 79.5 Å². The van der Waals surface area contributed by atoms with Gasteiger partial charge in [-0.3, -0.25) is 9.59 Å². The first-order chi connectivity index (χ1) is 13.1. The predicted molar refractivity (Wildman–Crippen MR) is 100 cm³/mol. The zero-order chi connectivity index (χ0) is 19.0. The van der Waals surface area contributed by atoms with Crippen molar-refractivity contribution in [3.8, 4) is 11.4 Å². The Labute approximate surface area is 156 Å². The van der Waals surface area contributed by atoms with Crippen molar-refractivity contribution in [1.82, 2.24) is 9.97 Å². The van der Waals surface area contributed by atoms with Crippen molar-refractivity contribution in [2.75, 3.05) is 16.3 Å². The van der Waals surface area contributed by atoms with Gasteiger partial charge in [-0.25, -0.2) is 9.97 Å². The summed E-state index contributed by atoms with van der Waals surface area (Å²) in [6.07, 6.45) is 4.80. The van der Waals surface area contributed by atoms with Gasteiger partial charge in [0, 0.05) is 31.4 Å². The van der Waals surface area contributed by atoms with Crippen LogP contribution in [0.4, 0.5) is 11.4 Å². The molecule has 27 heavy (non-hydrogen) atoms. The molecule has 1 unspecified atom stereocenters. The molecule has 0 spiro atoms. The summed E-state index contributed by atoms with van der Waals surface area (Å²) >= 11 is 0. The van der Waals surface area contributed by atoms with Crippen molar-refractivity contribution in [3.63, 3.8) is 0 Å². The third-order valence-electron chi connectivity index (χ3n) is 4.55. The number of fused-ring (bicyclic) bond motifs is 1. The summed E-state index contributed by atoms with van der Waals surface area (Å²) in [6.45, 7) is 3.81. The summed E-state index contributed by atoms with van der Waals surface area (Å²) in [6, 6.07) is 10.4. The zero-order valence-corrected chi connectivity index (χ0v) is 15.0. The minimum atomic E-state index is -0.248. The highest BCUT2D eigenvalue weighted by atomic mass is 16.3. The zero-order valence-electron chi connectivity index (χ0n) is 15.0. The lowest BCUT2D eigenvalue weighted by Gasteiger charge is -2.40. The molecule has 3 heterocycles. The molecule has 2 aromatic heterocycles. The van der Waals surface area contributed by atoms with Gasteiger partial charge in [0.1, 0.15) is 0 Å². The van der Waals surface area contributed by atoms with Crippen molar-refractivity contribution in [1.29, 1.82) is 0 Å². The number of nitrogens with zero attached hydrogens (tertiary/aromatic N) is 4. The first-order valence-electron chi connectivity index (χ1n) is 8.63. The molecule has 7 heteroatoms. The molecular formula is C20H18N4O3. The molecular weight excluding hydrogens is 344 g/mol. The van der Waals surface area contributed by atoms with Gasteiger partial charge in [0.15, 0.2) is 11.6 Å². The van der Waals surface area contributed by atoms with Gasteiger partial charge >= 0.3 is 0 Å². The van der Waals surface area contributed by atoms with Crippen molar-refractivity contribution in [2.24, 2.45) is 0 Å². The van der Waals surface area contributed by atoms with E-state index >= 15 is 0 Å². The molecule has 1 aromatic carbocycles. The van der Waals surface area contributed by atoms with Gasteiger partial charge in [-0.2, -0.15) is 0 Å². The molecule has 0 N–H and O–H groups in total. The van der Waals surface area contributed by atoms with Gasteiger partial charge in [0.05, 0.1) is 23.7 Å². The minimum absolute atomic E-state index is 0.0717. The van der Waals surface area contributed by atoms with Crippen LogP contribution < -0.4 is 9.80 Å². The SMILES string of the molecule is CC(=O)N1c2ccc(-c3ncccn3)cc2N(C(=O)c2ccco2)CC1C. The molecule has 1 aliphatic rings. The number of carbonyl (C=O) groups is 2. The fraction of sp³-hybridized carbons (Fsp3) is 0.200. The van der Waals surface area contributed by atoms with Crippen LogP contribution >= 0.6 is 0 Å². The molecule has 0 fully saturated rings. The number of amides is 2. The van der Waals surface area contributed by atoms with Crippen LogP contribution in [0, 0.1) is 0 Å².